The fraction of sp³-hybridized carbons (Fsp3) is 0.423. The first kappa shape index (κ1) is 28.3. The number of carboxylic acid groups (broad SMARTS) is 1. The van der Waals surface area contributed by atoms with E-state index in [2.05, 4.69) is 30.6 Å². The number of hydrogen-bond acceptors (Lipinski definition) is 9. The van der Waals surface area contributed by atoms with E-state index >= 15 is 0 Å². The highest BCUT2D eigenvalue weighted by Crippen LogP contribution is 2.23. The summed E-state index contributed by atoms with van der Waals surface area (Å²) in [5.74, 6) is -1.15. The van der Waals surface area contributed by atoms with Crippen molar-refractivity contribution in [3.63, 3.8) is 0 Å². The molecule has 2 aliphatic rings. The number of piperidine rings is 1. The number of hydrogen-bond donors (Lipinski definition) is 5. The minimum Gasteiger partial charge on any atom is -0.480 e. The summed E-state index contributed by atoms with van der Waals surface area (Å²) in [7, 11) is -2.38. The number of ether oxygens (including phenoxy) is 1. The number of guanidine groups is 1. The number of anilines is 1. The maximum atomic E-state index is 12.9. The van der Waals surface area contributed by atoms with Gasteiger partial charge in [-0.05, 0) is 43.2 Å². The Labute approximate surface area is 227 Å². The Hall–Kier alpha value is -3.68. The summed E-state index contributed by atoms with van der Waals surface area (Å²) in [4.78, 5) is 31.2. The van der Waals surface area contributed by atoms with Gasteiger partial charge in [-0.3, -0.25) is 14.6 Å². The predicted molar refractivity (Wildman–Crippen MR) is 146 cm³/mol. The van der Waals surface area contributed by atoms with Crippen LogP contribution in [-0.2, 0) is 19.6 Å². The van der Waals surface area contributed by atoms with Gasteiger partial charge in [-0.1, -0.05) is 24.3 Å². The molecule has 4 rings (SSSR count). The van der Waals surface area contributed by atoms with E-state index in [9.17, 15) is 23.1 Å². The second-order valence-corrected chi connectivity index (χ2v) is 11.1. The summed E-state index contributed by atoms with van der Waals surface area (Å²) < 4.78 is 33.0. The Kier molecular flexibility index (Phi) is 9.38. The van der Waals surface area contributed by atoms with Crippen molar-refractivity contribution < 1.29 is 27.9 Å². The average Bonchev–Trinajstić information content (AvgIpc) is 2.96. The van der Waals surface area contributed by atoms with E-state index in [1.54, 1.807) is 31.4 Å². The fourth-order valence-electron chi connectivity index (χ4n) is 4.57. The molecule has 2 aliphatic heterocycles. The Morgan fingerprint density at radius 3 is 2.69 bits per heavy atom. The van der Waals surface area contributed by atoms with E-state index < -0.39 is 34.5 Å². The standard InChI is InChI=1S/C26H34N6O6S/c1-38-23-11-14-32(17-22(23)30-26-27-12-6-13-28-26)19-8-5-7-18(15-19)24(33)29-16-21(25(34)35)31-39(36,37)20-9-3-2-4-10-20/h2-5,7-10,15,21-23,31H,6,11-14,16-17H2,1H3,(H,29,33)(H,34,35)(H2,27,28,30)/t21-,22+,23+/m0/s1. The molecule has 39 heavy (non-hydrogen) atoms. The monoisotopic (exact) mass is 558 g/mol. The van der Waals surface area contributed by atoms with Crippen LogP contribution in [-0.4, -0.2) is 89.4 Å². The van der Waals surface area contributed by atoms with Gasteiger partial charge in [0.05, 0.1) is 17.0 Å². The molecule has 2 aromatic rings. The summed E-state index contributed by atoms with van der Waals surface area (Å²) >= 11 is 0. The smallest absolute Gasteiger partial charge is 0.323 e. The van der Waals surface area contributed by atoms with Gasteiger partial charge in [0.25, 0.3) is 5.91 Å². The molecule has 12 nitrogen and oxygen atoms in total. The highest BCUT2D eigenvalue weighted by molar-refractivity contribution is 7.89. The zero-order valence-electron chi connectivity index (χ0n) is 21.7. The SMILES string of the molecule is CO[C@@H]1CCN(c2cccc(C(=O)NC[C@H](NS(=O)(=O)c3ccccc3)C(=O)O)c2)C[C@H]1NC1=NCCCN1. The molecule has 1 saturated heterocycles. The number of sulfonamides is 1. The van der Waals surface area contributed by atoms with Gasteiger partial charge in [0.15, 0.2) is 5.96 Å². The molecular formula is C26H34N6O6S. The molecule has 1 amide bonds. The van der Waals surface area contributed by atoms with Crippen molar-refractivity contribution in [3.05, 3.63) is 60.2 Å². The maximum absolute atomic E-state index is 12.9. The molecule has 0 unspecified atom stereocenters. The molecule has 5 N–H and O–H groups in total. The minimum absolute atomic E-state index is 0.00627. The molecule has 0 saturated carbocycles. The van der Waals surface area contributed by atoms with Crippen LogP contribution >= 0.6 is 0 Å². The van der Waals surface area contributed by atoms with Crippen LogP contribution in [0, 0.1) is 0 Å². The minimum atomic E-state index is -4.08. The Balaban J connectivity index is 1.39. The average molecular weight is 559 g/mol. The van der Waals surface area contributed by atoms with Crippen molar-refractivity contribution in [2.24, 2.45) is 4.99 Å². The van der Waals surface area contributed by atoms with Crippen LogP contribution in [0.15, 0.2) is 64.5 Å². The van der Waals surface area contributed by atoms with E-state index in [4.69, 9.17) is 4.74 Å². The lowest BCUT2D eigenvalue weighted by atomic mass is 10.0. The van der Waals surface area contributed by atoms with E-state index in [0.717, 1.165) is 44.1 Å². The van der Waals surface area contributed by atoms with Gasteiger partial charge in [0, 0.05) is 51.1 Å². The molecule has 13 heteroatoms. The van der Waals surface area contributed by atoms with Crippen LogP contribution in [0.1, 0.15) is 23.2 Å². The molecule has 1 fully saturated rings. The number of carbonyl (C=O) groups is 2. The number of carboxylic acids is 1. The van der Waals surface area contributed by atoms with E-state index in [1.165, 1.54) is 24.3 Å². The van der Waals surface area contributed by atoms with Crippen LogP contribution in [0.5, 0.6) is 0 Å². The van der Waals surface area contributed by atoms with Crippen molar-refractivity contribution in [1.29, 1.82) is 0 Å². The molecule has 3 atom stereocenters. The third-order valence-electron chi connectivity index (χ3n) is 6.66. The summed E-state index contributed by atoms with van der Waals surface area (Å²) in [6, 6.07) is 12.9. The van der Waals surface area contributed by atoms with Gasteiger partial charge in [-0.25, -0.2) is 8.42 Å². The molecular weight excluding hydrogens is 524 g/mol. The molecule has 0 aromatic heterocycles. The lowest BCUT2D eigenvalue weighted by molar-refractivity contribution is -0.138. The first-order valence-electron chi connectivity index (χ1n) is 12.8. The molecule has 0 aliphatic carbocycles. The number of nitrogens with one attached hydrogen (secondary N) is 4. The van der Waals surface area contributed by atoms with Crippen LogP contribution in [0.3, 0.4) is 0 Å². The molecule has 2 aromatic carbocycles. The third-order valence-corrected chi connectivity index (χ3v) is 8.15. The van der Waals surface area contributed by atoms with Gasteiger partial charge >= 0.3 is 5.97 Å². The fourth-order valence-corrected chi connectivity index (χ4v) is 5.78. The summed E-state index contributed by atoms with van der Waals surface area (Å²) in [6.45, 7) is 2.58. The first-order chi connectivity index (χ1) is 18.8. The predicted octanol–water partition coefficient (Wildman–Crippen LogP) is 0.381. The van der Waals surface area contributed by atoms with E-state index in [-0.39, 0.29) is 17.0 Å². The van der Waals surface area contributed by atoms with Gasteiger partial charge < -0.3 is 30.7 Å². The Bertz CT molecular complexity index is 1290. The number of methoxy groups -OCH3 is 1. The van der Waals surface area contributed by atoms with Crippen molar-refractivity contribution in [2.75, 3.05) is 44.7 Å². The summed E-state index contributed by atoms with van der Waals surface area (Å²) in [5.41, 5.74) is 1.17. The van der Waals surface area contributed by atoms with Crippen LogP contribution in [0.2, 0.25) is 0 Å². The van der Waals surface area contributed by atoms with Gasteiger partial charge in [0.1, 0.15) is 6.04 Å². The maximum Gasteiger partial charge on any atom is 0.323 e. The van der Waals surface area contributed by atoms with E-state index in [1.807, 2.05) is 6.07 Å². The van der Waals surface area contributed by atoms with Crippen molar-refractivity contribution in [1.82, 2.24) is 20.7 Å². The number of rotatable bonds is 10. The number of aliphatic imine (C=N–C) groups is 1. The molecule has 210 valence electrons. The van der Waals surface area contributed by atoms with Gasteiger partial charge in [-0.2, -0.15) is 4.72 Å². The van der Waals surface area contributed by atoms with Gasteiger partial charge in [0.2, 0.25) is 10.0 Å². The molecule has 0 radical (unpaired) electrons. The second kappa shape index (κ2) is 12.9. The second-order valence-electron chi connectivity index (χ2n) is 9.36. The van der Waals surface area contributed by atoms with Crippen LogP contribution < -0.4 is 25.6 Å². The summed E-state index contributed by atoms with van der Waals surface area (Å²) in [5, 5.41) is 18.8. The first-order valence-corrected chi connectivity index (χ1v) is 14.3. The highest BCUT2D eigenvalue weighted by Gasteiger charge is 2.31. The Morgan fingerprint density at radius 1 is 1.21 bits per heavy atom. The number of carbonyl (C=O) groups excluding carboxylic acids is 1. The van der Waals surface area contributed by atoms with E-state index in [0.29, 0.717) is 12.1 Å². The number of benzene rings is 2. The zero-order chi connectivity index (χ0) is 27.8. The summed E-state index contributed by atoms with van der Waals surface area (Å²) in [6.07, 6.45) is 1.78. The topological polar surface area (TPSA) is 161 Å². The highest BCUT2D eigenvalue weighted by atomic mass is 32.2. The molecule has 0 bridgehead atoms. The third kappa shape index (κ3) is 7.46. The van der Waals surface area contributed by atoms with Gasteiger partial charge in [-0.15, -0.1) is 0 Å². The number of amides is 1. The largest absolute Gasteiger partial charge is 0.480 e. The van der Waals surface area contributed by atoms with Crippen molar-refractivity contribution in [2.45, 2.75) is 35.9 Å². The normalized spacial score (nSPS) is 20.3. The molecule has 2 heterocycles. The number of aliphatic carboxylic acids is 1. The number of nitrogens with zero attached hydrogens (tertiary/aromatic N) is 2. The molecule has 0 spiro atoms. The lowest BCUT2D eigenvalue weighted by Crippen LogP contribution is -2.58. The Morgan fingerprint density at radius 2 is 2.00 bits per heavy atom. The van der Waals surface area contributed by atoms with Crippen LogP contribution in [0.4, 0.5) is 5.69 Å². The van der Waals surface area contributed by atoms with Crippen LogP contribution in [0.25, 0.3) is 0 Å². The van der Waals surface area contributed by atoms with Crippen molar-refractivity contribution in [3.8, 4) is 0 Å². The van der Waals surface area contributed by atoms with Crippen molar-refractivity contribution >= 4 is 33.5 Å². The zero-order valence-corrected chi connectivity index (χ0v) is 22.5. The lowest BCUT2D eigenvalue weighted by Gasteiger charge is -2.40. The quantitative estimate of drug-likeness (QED) is 0.278.